The number of hydrogen-bond donors (Lipinski definition) is 5. The van der Waals surface area contributed by atoms with Gasteiger partial charge in [0.1, 0.15) is 35.3 Å². The van der Waals surface area contributed by atoms with Crippen LogP contribution in [-0.4, -0.2) is 97.6 Å². The Balaban J connectivity index is 1.79. The highest BCUT2D eigenvalue weighted by Gasteiger charge is 2.45. The van der Waals surface area contributed by atoms with E-state index in [1.165, 1.54) is 25.3 Å². The number of carboxylic acid groups (broad SMARTS) is 1. The van der Waals surface area contributed by atoms with Crippen LogP contribution >= 0.6 is 24.0 Å². The largest absolute Gasteiger partial charge is 0.493 e. The van der Waals surface area contributed by atoms with E-state index in [1.807, 2.05) is 0 Å². The number of aliphatic carboxylic acids is 1. The molecule has 0 aliphatic carbocycles. The average molecular weight is 488 g/mol. The van der Waals surface area contributed by atoms with Crippen molar-refractivity contribution in [3.05, 3.63) is 28.7 Å². The van der Waals surface area contributed by atoms with E-state index >= 15 is 0 Å². The summed E-state index contributed by atoms with van der Waals surface area (Å²) >= 11 is 6.04. The third-order valence-corrected chi connectivity index (χ3v) is 6.12. The predicted octanol–water partition coefficient (Wildman–Crippen LogP) is -0.840. The maximum atomic E-state index is 12.4. The number of carbonyl (C=O) groups is 2. The highest BCUT2D eigenvalue weighted by atomic mass is 32.2. The maximum absolute atomic E-state index is 12.4. The van der Waals surface area contributed by atoms with Crippen molar-refractivity contribution in [2.75, 3.05) is 20.3 Å². The van der Waals surface area contributed by atoms with Gasteiger partial charge in [-0.25, -0.2) is 0 Å². The summed E-state index contributed by atoms with van der Waals surface area (Å²) < 4.78 is 16.4. The molecule has 1 amide bonds. The monoisotopic (exact) mass is 487 g/mol. The minimum Gasteiger partial charge on any atom is -0.493 e. The molecule has 0 aromatic heterocycles. The fourth-order valence-corrected chi connectivity index (χ4v) is 4.34. The lowest BCUT2D eigenvalue weighted by Gasteiger charge is -2.39. The quantitative estimate of drug-likeness (QED) is 0.239. The smallest absolute Gasteiger partial charge is 0.323 e. The lowest BCUT2D eigenvalue weighted by molar-refractivity contribution is -0.277. The van der Waals surface area contributed by atoms with Gasteiger partial charge in [0.05, 0.1) is 18.6 Å². The number of aliphatic hydroxyl groups excluding tert-OH is 4. The summed E-state index contributed by atoms with van der Waals surface area (Å²) in [6.45, 7) is -1.13. The molecule has 1 aromatic carbocycles. The van der Waals surface area contributed by atoms with Gasteiger partial charge in [-0.2, -0.15) is 0 Å². The molecule has 13 heteroatoms. The van der Waals surface area contributed by atoms with Gasteiger partial charge in [0.15, 0.2) is 11.5 Å². The van der Waals surface area contributed by atoms with Gasteiger partial charge in [0.2, 0.25) is 6.29 Å². The molecule has 0 unspecified atom stereocenters. The molecular formula is C19H21NO10S2. The van der Waals surface area contributed by atoms with Crippen molar-refractivity contribution in [1.82, 2.24) is 4.90 Å². The highest BCUT2D eigenvalue weighted by molar-refractivity contribution is 8.26. The van der Waals surface area contributed by atoms with Crippen molar-refractivity contribution in [2.24, 2.45) is 0 Å². The van der Waals surface area contributed by atoms with E-state index in [0.717, 1.165) is 16.7 Å². The van der Waals surface area contributed by atoms with Crippen molar-refractivity contribution in [1.29, 1.82) is 0 Å². The Bertz CT molecular complexity index is 937. The molecule has 2 saturated heterocycles. The second-order valence-corrected chi connectivity index (χ2v) is 8.56. The molecule has 0 bridgehead atoms. The molecule has 2 heterocycles. The zero-order chi connectivity index (χ0) is 23.6. The molecule has 2 aliphatic heterocycles. The van der Waals surface area contributed by atoms with Crippen LogP contribution in [0.3, 0.4) is 0 Å². The van der Waals surface area contributed by atoms with E-state index in [4.69, 9.17) is 31.5 Å². The first-order valence-electron chi connectivity index (χ1n) is 9.28. The molecule has 32 heavy (non-hydrogen) atoms. The van der Waals surface area contributed by atoms with Gasteiger partial charge < -0.3 is 39.7 Å². The molecule has 1 aromatic rings. The summed E-state index contributed by atoms with van der Waals surface area (Å²) in [6.07, 6.45) is -5.70. The fraction of sp³-hybridized carbons (Fsp3) is 0.421. The summed E-state index contributed by atoms with van der Waals surface area (Å²) in [5, 5.41) is 48.1. The number of benzene rings is 1. The van der Waals surface area contributed by atoms with Gasteiger partial charge in [-0.15, -0.1) is 0 Å². The number of thioether (sulfide) groups is 1. The van der Waals surface area contributed by atoms with Crippen LogP contribution in [0.5, 0.6) is 11.5 Å². The summed E-state index contributed by atoms with van der Waals surface area (Å²) in [7, 11) is 1.37. The summed E-state index contributed by atoms with van der Waals surface area (Å²) in [6, 6.07) is 4.58. The van der Waals surface area contributed by atoms with Gasteiger partial charge in [0.25, 0.3) is 5.91 Å². The molecule has 5 atom stereocenters. The minimum absolute atomic E-state index is 0.132. The Morgan fingerprint density at radius 3 is 2.59 bits per heavy atom. The van der Waals surface area contributed by atoms with Crippen LogP contribution in [0.2, 0.25) is 0 Å². The van der Waals surface area contributed by atoms with Crippen LogP contribution in [0.4, 0.5) is 0 Å². The summed E-state index contributed by atoms with van der Waals surface area (Å²) in [5.74, 6) is -1.37. The van der Waals surface area contributed by atoms with Crippen LogP contribution in [0.15, 0.2) is 23.1 Å². The van der Waals surface area contributed by atoms with Gasteiger partial charge in [-0.05, 0) is 23.8 Å². The predicted molar refractivity (Wildman–Crippen MR) is 115 cm³/mol. The molecule has 0 radical (unpaired) electrons. The Labute approximate surface area is 191 Å². The molecule has 11 nitrogen and oxygen atoms in total. The Morgan fingerprint density at radius 2 is 1.97 bits per heavy atom. The lowest BCUT2D eigenvalue weighted by Crippen LogP contribution is -2.60. The van der Waals surface area contributed by atoms with Gasteiger partial charge in [0, 0.05) is 0 Å². The molecule has 5 N–H and O–H groups in total. The minimum atomic E-state index is -1.59. The van der Waals surface area contributed by atoms with Crippen LogP contribution in [-0.2, 0) is 14.3 Å². The third-order valence-electron chi connectivity index (χ3n) is 4.74. The number of rotatable bonds is 7. The SMILES string of the molecule is COc1cc(C=C2SC(=S)N(CC(=O)O)C2=O)ccc1O[C@@H]1O[C@H](CO)[C@H](O)[C@H](O)[C@H]1O. The fourth-order valence-electron chi connectivity index (χ4n) is 3.08. The Kier molecular flexibility index (Phi) is 7.71. The molecule has 3 rings (SSSR count). The number of thiocarbonyl (C=S) groups is 1. The topological polar surface area (TPSA) is 166 Å². The number of nitrogens with zero attached hydrogens (tertiary/aromatic N) is 1. The first-order chi connectivity index (χ1) is 15.2. The van der Waals surface area contributed by atoms with Gasteiger partial charge in [-0.3, -0.25) is 14.5 Å². The standard InChI is InChI=1S/C19H21NO10S2/c1-28-10-4-8(5-12-17(27)20(6-13(22)23)19(31)32-12)2-3-9(10)29-18-16(26)15(25)14(24)11(7-21)30-18/h2-5,11,14-16,18,21,24-26H,6-7H2,1H3,(H,22,23)/t11-,14+,15+,16-,18-/m1/s1. The number of amides is 1. The summed E-state index contributed by atoms with van der Waals surface area (Å²) in [4.78, 5) is 24.6. The normalized spacial score (nSPS) is 29.5. The zero-order valence-electron chi connectivity index (χ0n) is 16.7. The number of carboxylic acids is 1. The van der Waals surface area contributed by atoms with E-state index in [2.05, 4.69) is 0 Å². The van der Waals surface area contributed by atoms with E-state index in [-0.39, 0.29) is 20.7 Å². The molecule has 174 valence electrons. The molecule has 2 fully saturated rings. The number of hydrogen-bond acceptors (Lipinski definition) is 11. The van der Waals surface area contributed by atoms with Crippen LogP contribution in [0.1, 0.15) is 5.56 Å². The molecule has 0 saturated carbocycles. The van der Waals surface area contributed by atoms with E-state index in [1.54, 1.807) is 6.07 Å². The van der Waals surface area contributed by atoms with Gasteiger partial charge >= 0.3 is 5.97 Å². The lowest BCUT2D eigenvalue weighted by atomic mass is 9.99. The Hall–Kier alpha value is -2.26. The van der Waals surface area contributed by atoms with Crippen LogP contribution in [0, 0.1) is 0 Å². The molecule has 2 aliphatic rings. The van der Waals surface area contributed by atoms with Crippen molar-refractivity contribution < 1.29 is 49.3 Å². The van der Waals surface area contributed by atoms with Crippen molar-refractivity contribution >= 4 is 46.3 Å². The number of ether oxygens (including phenoxy) is 3. The number of methoxy groups -OCH3 is 1. The van der Waals surface area contributed by atoms with Crippen molar-refractivity contribution in [3.63, 3.8) is 0 Å². The zero-order valence-corrected chi connectivity index (χ0v) is 18.3. The first-order valence-corrected chi connectivity index (χ1v) is 10.5. The van der Waals surface area contributed by atoms with Crippen molar-refractivity contribution in [2.45, 2.75) is 30.7 Å². The third kappa shape index (κ3) is 5.04. The second-order valence-electron chi connectivity index (χ2n) is 6.89. The number of carbonyl (C=O) groups excluding carboxylic acids is 1. The average Bonchev–Trinajstić information content (AvgIpc) is 3.01. The van der Waals surface area contributed by atoms with Crippen molar-refractivity contribution in [3.8, 4) is 11.5 Å². The second kappa shape index (κ2) is 10.1. The van der Waals surface area contributed by atoms with E-state index in [9.17, 15) is 30.0 Å². The molecule has 0 spiro atoms. The van der Waals surface area contributed by atoms with Crippen LogP contribution in [0.25, 0.3) is 6.08 Å². The summed E-state index contributed by atoms with van der Waals surface area (Å²) in [5.41, 5.74) is 0.527. The number of aliphatic hydroxyl groups is 4. The Morgan fingerprint density at radius 1 is 1.25 bits per heavy atom. The van der Waals surface area contributed by atoms with E-state index < -0.39 is 55.7 Å². The van der Waals surface area contributed by atoms with Gasteiger partial charge in [-0.1, -0.05) is 30.0 Å². The first kappa shape index (κ1) is 24.4. The van der Waals surface area contributed by atoms with E-state index in [0.29, 0.717) is 5.56 Å². The molecular weight excluding hydrogens is 466 g/mol. The highest BCUT2D eigenvalue weighted by Crippen LogP contribution is 2.35. The van der Waals surface area contributed by atoms with Crippen LogP contribution < -0.4 is 9.47 Å². The maximum Gasteiger partial charge on any atom is 0.323 e.